The van der Waals surface area contributed by atoms with E-state index in [1.165, 1.54) is 7.11 Å². The predicted octanol–water partition coefficient (Wildman–Crippen LogP) is 0.180. The van der Waals surface area contributed by atoms with E-state index in [4.69, 9.17) is 14.2 Å². The van der Waals surface area contributed by atoms with Crippen molar-refractivity contribution < 1.29 is 24.3 Å². The van der Waals surface area contributed by atoms with Crippen LogP contribution in [0, 0.1) is 5.92 Å². The van der Waals surface area contributed by atoms with Gasteiger partial charge in [-0.2, -0.15) is 0 Å². The molecule has 19 heavy (non-hydrogen) atoms. The fourth-order valence-corrected chi connectivity index (χ4v) is 2.11. The molecule has 0 unspecified atom stereocenters. The van der Waals surface area contributed by atoms with Crippen molar-refractivity contribution in [1.82, 2.24) is 0 Å². The Balaban J connectivity index is 2.02. The molecule has 1 aliphatic heterocycles. The van der Waals surface area contributed by atoms with Gasteiger partial charge >= 0.3 is 7.12 Å². The number of hydrogen-bond acceptors (Lipinski definition) is 5. The summed E-state index contributed by atoms with van der Waals surface area (Å²) in [7, 11) is -0.0365. The molecule has 0 aliphatic carbocycles. The lowest BCUT2D eigenvalue weighted by Gasteiger charge is -2.23. The summed E-state index contributed by atoms with van der Waals surface area (Å²) >= 11 is 0. The fraction of sp³-hybridized carbons (Fsp3) is 0.538. The highest BCUT2D eigenvalue weighted by Crippen LogP contribution is 2.19. The van der Waals surface area contributed by atoms with Crippen molar-refractivity contribution in [1.29, 1.82) is 0 Å². The highest BCUT2D eigenvalue weighted by atomic mass is 16.5. The first-order valence-electron chi connectivity index (χ1n) is 6.45. The van der Waals surface area contributed by atoms with E-state index in [0.717, 1.165) is 26.1 Å². The van der Waals surface area contributed by atoms with Crippen molar-refractivity contribution in [3.05, 3.63) is 18.2 Å². The Hall–Kier alpha value is -1.24. The van der Waals surface area contributed by atoms with Gasteiger partial charge in [0.25, 0.3) is 0 Å². The molecule has 2 rings (SSSR count). The molecule has 0 bridgehead atoms. The Morgan fingerprint density at radius 2 is 2.05 bits per heavy atom. The number of rotatable bonds is 5. The molecular weight excluding hydrogens is 247 g/mol. The highest BCUT2D eigenvalue weighted by molar-refractivity contribution is 6.59. The van der Waals surface area contributed by atoms with E-state index in [9.17, 15) is 10.0 Å². The Morgan fingerprint density at radius 3 is 2.68 bits per heavy atom. The zero-order chi connectivity index (χ0) is 13.7. The van der Waals surface area contributed by atoms with E-state index >= 15 is 0 Å². The zero-order valence-electron chi connectivity index (χ0n) is 11.0. The van der Waals surface area contributed by atoms with Crippen LogP contribution < -0.4 is 14.9 Å². The molecule has 1 heterocycles. The molecule has 1 saturated heterocycles. The summed E-state index contributed by atoms with van der Waals surface area (Å²) in [5.41, 5.74) is 0.325. The van der Waals surface area contributed by atoms with Gasteiger partial charge in [-0.05, 0) is 37.0 Å². The first-order chi connectivity index (χ1) is 9.20. The third kappa shape index (κ3) is 3.86. The van der Waals surface area contributed by atoms with E-state index in [0.29, 0.717) is 29.5 Å². The molecule has 0 atom stereocenters. The molecule has 0 radical (unpaired) electrons. The second kappa shape index (κ2) is 6.79. The van der Waals surface area contributed by atoms with Gasteiger partial charge in [-0.3, -0.25) is 0 Å². The quantitative estimate of drug-likeness (QED) is 0.744. The summed E-state index contributed by atoms with van der Waals surface area (Å²) in [5.74, 6) is 1.52. The van der Waals surface area contributed by atoms with Gasteiger partial charge in [-0.1, -0.05) is 0 Å². The second-order valence-corrected chi connectivity index (χ2v) is 4.64. The Labute approximate surface area is 113 Å². The normalized spacial score (nSPS) is 16.2. The molecule has 104 valence electrons. The van der Waals surface area contributed by atoms with Crippen LogP contribution >= 0.6 is 0 Å². The summed E-state index contributed by atoms with van der Waals surface area (Å²) in [4.78, 5) is 0. The lowest BCUT2D eigenvalue weighted by atomic mass is 9.79. The van der Waals surface area contributed by atoms with Gasteiger partial charge in [0.1, 0.15) is 11.5 Å². The van der Waals surface area contributed by atoms with E-state index in [1.54, 1.807) is 18.2 Å². The van der Waals surface area contributed by atoms with Crippen LogP contribution in [0.2, 0.25) is 0 Å². The third-order valence-electron chi connectivity index (χ3n) is 3.31. The molecule has 1 aliphatic rings. The number of benzene rings is 1. The monoisotopic (exact) mass is 266 g/mol. The van der Waals surface area contributed by atoms with Crippen LogP contribution in [-0.2, 0) is 4.74 Å². The highest BCUT2D eigenvalue weighted by Gasteiger charge is 2.20. The van der Waals surface area contributed by atoms with Gasteiger partial charge < -0.3 is 24.3 Å². The van der Waals surface area contributed by atoms with Crippen LogP contribution in [0.5, 0.6) is 11.5 Å². The Bertz CT molecular complexity index is 404. The van der Waals surface area contributed by atoms with Crippen LogP contribution in [0.15, 0.2) is 18.2 Å². The van der Waals surface area contributed by atoms with Gasteiger partial charge in [0.15, 0.2) is 0 Å². The molecule has 6 heteroatoms. The molecule has 2 N–H and O–H groups in total. The maximum absolute atomic E-state index is 9.36. The number of hydrogen-bond donors (Lipinski definition) is 2. The zero-order valence-corrected chi connectivity index (χ0v) is 11.0. The Kier molecular flexibility index (Phi) is 5.07. The number of ether oxygens (including phenoxy) is 3. The average Bonchev–Trinajstić information content (AvgIpc) is 2.46. The SMILES string of the molecule is COc1ccc(OCC2CCOCC2)c(B(O)O)c1. The average molecular weight is 266 g/mol. The maximum atomic E-state index is 9.36. The summed E-state index contributed by atoms with van der Waals surface area (Å²) in [6, 6.07) is 5.02. The molecule has 1 aromatic rings. The minimum atomic E-state index is -1.57. The summed E-state index contributed by atoms with van der Waals surface area (Å²) in [5, 5.41) is 18.7. The second-order valence-electron chi connectivity index (χ2n) is 4.64. The van der Waals surface area contributed by atoms with Crippen LogP contribution in [-0.4, -0.2) is 44.1 Å². The first-order valence-corrected chi connectivity index (χ1v) is 6.45. The molecule has 1 fully saturated rings. The van der Waals surface area contributed by atoms with E-state index < -0.39 is 7.12 Å². The predicted molar refractivity (Wildman–Crippen MR) is 71.9 cm³/mol. The first kappa shape index (κ1) is 14.2. The van der Waals surface area contributed by atoms with E-state index in [2.05, 4.69) is 0 Å². The molecule has 0 amide bonds. The van der Waals surface area contributed by atoms with Gasteiger partial charge in [0.2, 0.25) is 0 Å². The van der Waals surface area contributed by atoms with Crippen molar-refractivity contribution in [3.8, 4) is 11.5 Å². The maximum Gasteiger partial charge on any atom is 0.492 e. The summed E-state index contributed by atoms with van der Waals surface area (Å²) in [6.45, 7) is 2.10. The van der Waals surface area contributed by atoms with Gasteiger partial charge in [0, 0.05) is 18.7 Å². The lowest BCUT2D eigenvalue weighted by Crippen LogP contribution is -2.32. The standard InChI is InChI=1S/C13H19BO5/c1-17-11-2-3-13(12(8-11)14(15)16)19-9-10-4-6-18-7-5-10/h2-3,8,10,15-16H,4-7,9H2,1H3. The minimum absolute atomic E-state index is 0.325. The van der Waals surface area contributed by atoms with Gasteiger partial charge in [-0.15, -0.1) is 0 Å². The topological polar surface area (TPSA) is 68.2 Å². The minimum Gasteiger partial charge on any atom is -0.497 e. The third-order valence-corrected chi connectivity index (χ3v) is 3.31. The smallest absolute Gasteiger partial charge is 0.492 e. The molecule has 1 aromatic carbocycles. The molecular formula is C13H19BO5. The molecule has 0 spiro atoms. The number of methoxy groups -OCH3 is 1. The van der Waals surface area contributed by atoms with Gasteiger partial charge in [-0.25, -0.2) is 0 Å². The molecule has 5 nitrogen and oxygen atoms in total. The van der Waals surface area contributed by atoms with Crippen molar-refractivity contribution in [3.63, 3.8) is 0 Å². The molecule has 0 saturated carbocycles. The fourth-order valence-electron chi connectivity index (χ4n) is 2.11. The van der Waals surface area contributed by atoms with Crippen LogP contribution in [0.25, 0.3) is 0 Å². The van der Waals surface area contributed by atoms with Crippen molar-refractivity contribution in [2.45, 2.75) is 12.8 Å². The van der Waals surface area contributed by atoms with Crippen LogP contribution in [0.1, 0.15) is 12.8 Å². The van der Waals surface area contributed by atoms with E-state index in [-0.39, 0.29) is 0 Å². The van der Waals surface area contributed by atoms with Crippen LogP contribution in [0.3, 0.4) is 0 Å². The summed E-state index contributed by atoms with van der Waals surface area (Å²) < 4.78 is 16.1. The Morgan fingerprint density at radius 1 is 1.32 bits per heavy atom. The van der Waals surface area contributed by atoms with Crippen molar-refractivity contribution in [2.24, 2.45) is 5.92 Å². The van der Waals surface area contributed by atoms with E-state index in [1.807, 2.05) is 0 Å². The lowest BCUT2D eigenvalue weighted by molar-refractivity contribution is 0.0499. The van der Waals surface area contributed by atoms with Crippen molar-refractivity contribution >= 4 is 12.6 Å². The van der Waals surface area contributed by atoms with Crippen LogP contribution in [0.4, 0.5) is 0 Å². The summed E-state index contributed by atoms with van der Waals surface area (Å²) in [6.07, 6.45) is 1.96. The van der Waals surface area contributed by atoms with Gasteiger partial charge in [0.05, 0.1) is 13.7 Å². The molecule has 0 aromatic heterocycles. The largest absolute Gasteiger partial charge is 0.497 e. The van der Waals surface area contributed by atoms with Crippen molar-refractivity contribution in [2.75, 3.05) is 26.9 Å².